The maximum atomic E-state index is 12.8. The van der Waals surface area contributed by atoms with E-state index >= 15 is 0 Å². The molecule has 0 saturated carbocycles. The molecule has 8 nitrogen and oxygen atoms in total. The number of hydrogen-bond donors (Lipinski definition) is 2. The number of nitrogens with zero attached hydrogens (tertiary/aromatic N) is 2. The fraction of sp³-hybridized carbons (Fsp3) is 0.167. The molecule has 0 aliphatic rings. The predicted octanol–water partition coefficient (Wildman–Crippen LogP) is 2.39. The van der Waals surface area contributed by atoms with E-state index in [1.54, 1.807) is 0 Å². The first-order valence-corrected chi connectivity index (χ1v) is 8.06. The molecule has 27 heavy (non-hydrogen) atoms. The first kappa shape index (κ1) is 19.7. The van der Waals surface area contributed by atoms with Crippen LogP contribution < -0.4 is 10.7 Å². The van der Waals surface area contributed by atoms with Gasteiger partial charge in [-0.05, 0) is 30.2 Å². The largest absolute Gasteiger partial charge is 0.352 e. The minimum absolute atomic E-state index is 0.135. The monoisotopic (exact) mass is 372 g/mol. The van der Waals surface area contributed by atoms with Crippen molar-refractivity contribution >= 4 is 23.7 Å². The average molecular weight is 372 g/mol. The van der Waals surface area contributed by atoms with Gasteiger partial charge >= 0.3 is 0 Å². The molecular weight excluding hydrogens is 355 g/mol. The predicted molar refractivity (Wildman–Crippen MR) is 96.8 cm³/mol. The third kappa shape index (κ3) is 6.65. The summed E-state index contributed by atoms with van der Waals surface area (Å²) in [5, 5.41) is 17.1. The molecular formula is C18H17FN4O4. The summed E-state index contributed by atoms with van der Waals surface area (Å²) in [5.74, 6) is -1.14. The second-order valence-electron chi connectivity index (χ2n) is 5.51. The summed E-state index contributed by atoms with van der Waals surface area (Å²) in [4.78, 5) is 33.7. The summed E-state index contributed by atoms with van der Waals surface area (Å²) in [7, 11) is 0. The van der Waals surface area contributed by atoms with Gasteiger partial charge in [-0.15, -0.1) is 0 Å². The van der Waals surface area contributed by atoms with Crippen LogP contribution in [-0.4, -0.2) is 29.5 Å². The molecule has 0 radical (unpaired) electrons. The highest BCUT2D eigenvalue weighted by Gasteiger charge is 2.11. The minimum atomic E-state index is -0.576. The Morgan fingerprint density at radius 3 is 2.63 bits per heavy atom. The van der Waals surface area contributed by atoms with Crippen molar-refractivity contribution in [3.05, 3.63) is 75.6 Å². The van der Waals surface area contributed by atoms with Gasteiger partial charge in [-0.1, -0.05) is 18.2 Å². The van der Waals surface area contributed by atoms with E-state index in [9.17, 15) is 24.1 Å². The summed E-state index contributed by atoms with van der Waals surface area (Å²) in [6.07, 6.45) is 1.90. The fourth-order valence-electron chi connectivity index (χ4n) is 2.10. The smallest absolute Gasteiger partial charge is 0.270 e. The van der Waals surface area contributed by atoms with Crippen LogP contribution in [0.25, 0.3) is 0 Å². The van der Waals surface area contributed by atoms with Gasteiger partial charge < -0.3 is 5.32 Å². The molecule has 2 N–H and O–H groups in total. The standard InChI is InChI=1S/C18H17FN4O4/c19-15-8-6-13(7-9-15)12-21-22-17(24)5-2-10-20-18(25)14-3-1-4-16(11-14)23(26)27/h1,3-4,6-9,11-12H,2,5,10H2,(H,20,25)(H,22,24). The zero-order chi connectivity index (χ0) is 19.6. The molecule has 0 aromatic heterocycles. The lowest BCUT2D eigenvalue weighted by molar-refractivity contribution is -0.384. The second-order valence-corrected chi connectivity index (χ2v) is 5.51. The Morgan fingerprint density at radius 2 is 1.93 bits per heavy atom. The van der Waals surface area contributed by atoms with Crippen molar-refractivity contribution in [2.75, 3.05) is 6.54 Å². The molecule has 2 rings (SSSR count). The van der Waals surface area contributed by atoms with Crippen LogP contribution in [0.1, 0.15) is 28.8 Å². The van der Waals surface area contributed by atoms with E-state index in [0.29, 0.717) is 12.0 Å². The second kappa shape index (κ2) is 9.76. The molecule has 2 amide bonds. The molecule has 0 spiro atoms. The van der Waals surface area contributed by atoms with E-state index in [1.807, 2.05) is 0 Å². The number of carbonyl (C=O) groups is 2. The van der Waals surface area contributed by atoms with Gasteiger partial charge in [0.2, 0.25) is 5.91 Å². The SMILES string of the molecule is O=C(CCCNC(=O)c1cccc([N+](=O)[O-])c1)NN=Cc1ccc(F)cc1. The first-order chi connectivity index (χ1) is 13.0. The Hall–Kier alpha value is -3.62. The molecule has 0 heterocycles. The Balaban J connectivity index is 1.69. The van der Waals surface area contributed by atoms with Crippen molar-refractivity contribution < 1.29 is 18.9 Å². The van der Waals surface area contributed by atoms with Gasteiger partial charge in [-0.25, -0.2) is 9.82 Å². The number of halogens is 1. The number of nitrogens with one attached hydrogen (secondary N) is 2. The molecule has 2 aromatic carbocycles. The highest BCUT2D eigenvalue weighted by atomic mass is 19.1. The maximum Gasteiger partial charge on any atom is 0.270 e. The summed E-state index contributed by atoms with van der Waals surface area (Å²) in [6, 6.07) is 11.0. The summed E-state index contributed by atoms with van der Waals surface area (Å²) in [5.41, 5.74) is 2.99. The van der Waals surface area contributed by atoms with E-state index in [4.69, 9.17) is 0 Å². The van der Waals surface area contributed by atoms with Crippen LogP contribution in [0.15, 0.2) is 53.6 Å². The van der Waals surface area contributed by atoms with Crippen molar-refractivity contribution in [1.82, 2.24) is 10.7 Å². The van der Waals surface area contributed by atoms with Crippen LogP contribution >= 0.6 is 0 Å². The third-order valence-electron chi connectivity index (χ3n) is 3.46. The van der Waals surface area contributed by atoms with Crippen LogP contribution in [-0.2, 0) is 4.79 Å². The molecule has 0 unspecified atom stereocenters. The maximum absolute atomic E-state index is 12.8. The van der Waals surface area contributed by atoms with Gasteiger partial charge in [0, 0.05) is 30.7 Å². The minimum Gasteiger partial charge on any atom is -0.352 e. The Morgan fingerprint density at radius 1 is 1.19 bits per heavy atom. The van der Waals surface area contributed by atoms with E-state index in [2.05, 4.69) is 15.8 Å². The van der Waals surface area contributed by atoms with Crippen LogP contribution in [0.2, 0.25) is 0 Å². The lowest BCUT2D eigenvalue weighted by atomic mass is 10.2. The Labute approximate surface area is 154 Å². The van der Waals surface area contributed by atoms with Crippen LogP contribution in [0.4, 0.5) is 10.1 Å². The van der Waals surface area contributed by atoms with Crippen molar-refractivity contribution in [2.45, 2.75) is 12.8 Å². The first-order valence-electron chi connectivity index (χ1n) is 8.06. The highest BCUT2D eigenvalue weighted by molar-refractivity contribution is 5.94. The highest BCUT2D eigenvalue weighted by Crippen LogP contribution is 2.12. The lowest BCUT2D eigenvalue weighted by Crippen LogP contribution is -2.26. The van der Waals surface area contributed by atoms with Crippen molar-refractivity contribution in [3.8, 4) is 0 Å². The van der Waals surface area contributed by atoms with Gasteiger partial charge in [0.1, 0.15) is 5.82 Å². The number of hydrazone groups is 1. The van der Waals surface area contributed by atoms with E-state index in [1.165, 1.54) is 54.7 Å². The molecule has 2 aromatic rings. The number of rotatable bonds is 8. The summed E-state index contributed by atoms with van der Waals surface area (Å²) < 4.78 is 12.8. The quantitative estimate of drug-likeness (QED) is 0.320. The Kier molecular flexibility index (Phi) is 7.12. The zero-order valence-corrected chi connectivity index (χ0v) is 14.2. The Bertz CT molecular complexity index is 853. The van der Waals surface area contributed by atoms with E-state index in [0.717, 1.165) is 0 Å². The average Bonchev–Trinajstić information content (AvgIpc) is 2.66. The normalized spacial score (nSPS) is 10.6. The fourth-order valence-corrected chi connectivity index (χ4v) is 2.10. The molecule has 0 saturated heterocycles. The van der Waals surface area contributed by atoms with Crippen LogP contribution in [0, 0.1) is 15.9 Å². The molecule has 0 aliphatic heterocycles. The third-order valence-corrected chi connectivity index (χ3v) is 3.46. The van der Waals surface area contributed by atoms with Crippen LogP contribution in [0.5, 0.6) is 0 Å². The number of amides is 2. The van der Waals surface area contributed by atoms with Crippen molar-refractivity contribution in [3.63, 3.8) is 0 Å². The number of non-ortho nitro benzene ring substituents is 1. The number of carbonyl (C=O) groups excluding carboxylic acids is 2. The van der Waals surface area contributed by atoms with E-state index in [-0.39, 0.29) is 35.9 Å². The van der Waals surface area contributed by atoms with Crippen molar-refractivity contribution in [1.29, 1.82) is 0 Å². The molecule has 9 heteroatoms. The molecule has 140 valence electrons. The van der Waals surface area contributed by atoms with Gasteiger partial charge in [0.25, 0.3) is 11.6 Å². The van der Waals surface area contributed by atoms with Gasteiger partial charge in [-0.2, -0.15) is 5.10 Å². The summed E-state index contributed by atoms with van der Waals surface area (Å²) >= 11 is 0. The molecule has 0 bridgehead atoms. The molecule has 0 aliphatic carbocycles. The number of hydrogen-bond acceptors (Lipinski definition) is 5. The van der Waals surface area contributed by atoms with Gasteiger partial charge in [0.15, 0.2) is 0 Å². The lowest BCUT2D eigenvalue weighted by Gasteiger charge is -2.05. The van der Waals surface area contributed by atoms with Gasteiger partial charge in [0.05, 0.1) is 11.1 Å². The number of benzene rings is 2. The molecule has 0 atom stereocenters. The number of nitro benzene ring substituents is 1. The summed E-state index contributed by atoms with van der Waals surface area (Å²) in [6.45, 7) is 0.233. The topological polar surface area (TPSA) is 114 Å². The van der Waals surface area contributed by atoms with Crippen LogP contribution in [0.3, 0.4) is 0 Å². The zero-order valence-electron chi connectivity index (χ0n) is 14.2. The van der Waals surface area contributed by atoms with Gasteiger partial charge in [-0.3, -0.25) is 19.7 Å². The van der Waals surface area contributed by atoms with Crippen molar-refractivity contribution in [2.24, 2.45) is 5.10 Å². The molecule has 0 fully saturated rings. The van der Waals surface area contributed by atoms with E-state index < -0.39 is 10.8 Å². The number of nitro groups is 1.